The summed E-state index contributed by atoms with van der Waals surface area (Å²) in [6.07, 6.45) is 1.39. The Labute approximate surface area is 167 Å². The minimum atomic E-state index is -1.39. The summed E-state index contributed by atoms with van der Waals surface area (Å²) in [4.78, 5) is 24.3. The van der Waals surface area contributed by atoms with Crippen LogP contribution in [-0.2, 0) is 14.3 Å². The normalized spacial score (nSPS) is 14.6. The number of hydrogen-bond donors (Lipinski definition) is 2. The lowest BCUT2D eigenvalue weighted by molar-refractivity contribution is -0.134. The van der Waals surface area contributed by atoms with Crippen molar-refractivity contribution in [1.82, 2.24) is 0 Å². The number of carboxylic acid groups (broad SMARTS) is 1. The van der Waals surface area contributed by atoms with Crippen molar-refractivity contribution < 1.29 is 33.6 Å². The predicted octanol–water partition coefficient (Wildman–Crippen LogP) is 3.06. The first-order valence-electron chi connectivity index (χ1n) is 8.52. The molecule has 0 bridgehead atoms. The van der Waals surface area contributed by atoms with E-state index in [1.165, 1.54) is 27.4 Å². The number of carbonyl (C=O) groups excluding carboxylic acids is 1. The van der Waals surface area contributed by atoms with Crippen molar-refractivity contribution in [3.05, 3.63) is 65.2 Å². The van der Waals surface area contributed by atoms with Crippen molar-refractivity contribution in [3.8, 4) is 17.2 Å². The first kappa shape index (κ1) is 19.8. The highest BCUT2D eigenvalue weighted by molar-refractivity contribution is 6.26. The highest BCUT2D eigenvalue weighted by atomic mass is 16.5. The molecule has 8 nitrogen and oxygen atoms in total. The van der Waals surface area contributed by atoms with Crippen LogP contribution < -0.4 is 19.5 Å². The average Bonchev–Trinajstić information content (AvgIpc) is 3.03. The molecule has 0 radical (unpaired) electrons. The third-order valence-electron chi connectivity index (χ3n) is 4.16. The minimum Gasteiger partial charge on any atom is -0.496 e. The molecule has 0 aliphatic carbocycles. The number of nitrogens with one attached hydrogen (secondary N) is 1. The second kappa shape index (κ2) is 8.39. The summed E-state index contributed by atoms with van der Waals surface area (Å²) in [5.74, 6) is -1.21. The highest BCUT2D eigenvalue weighted by Crippen LogP contribution is 2.37. The average molecular weight is 397 g/mol. The predicted molar refractivity (Wildman–Crippen MR) is 105 cm³/mol. The molecule has 1 aliphatic rings. The lowest BCUT2D eigenvalue weighted by Gasteiger charge is -2.12. The number of methoxy groups -OCH3 is 3. The van der Waals surface area contributed by atoms with Gasteiger partial charge in [0, 0.05) is 17.3 Å². The summed E-state index contributed by atoms with van der Waals surface area (Å²) >= 11 is 0. The van der Waals surface area contributed by atoms with Gasteiger partial charge in [0.25, 0.3) is 0 Å². The zero-order valence-corrected chi connectivity index (χ0v) is 16.0. The van der Waals surface area contributed by atoms with Crippen LogP contribution >= 0.6 is 0 Å². The Morgan fingerprint density at radius 3 is 2.21 bits per heavy atom. The molecule has 0 unspecified atom stereocenters. The van der Waals surface area contributed by atoms with Gasteiger partial charge in [0.15, 0.2) is 22.8 Å². The smallest absolute Gasteiger partial charge is 0.345 e. The molecule has 2 aromatic carbocycles. The molecule has 0 fully saturated rings. The lowest BCUT2D eigenvalue weighted by Crippen LogP contribution is -2.12. The molecule has 1 heterocycles. The fourth-order valence-corrected chi connectivity index (χ4v) is 2.77. The van der Waals surface area contributed by atoms with E-state index in [9.17, 15) is 14.7 Å². The van der Waals surface area contributed by atoms with Crippen LogP contribution in [0.2, 0.25) is 0 Å². The number of Topliss-reactive ketones (excluding diaryl/α,β-unsaturated/α-hetero) is 1. The van der Waals surface area contributed by atoms with Gasteiger partial charge in [-0.15, -0.1) is 0 Å². The van der Waals surface area contributed by atoms with Gasteiger partial charge in [-0.05, 0) is 24.3 Å². The number of carbonyl (C=O) groups is 2. The maximum atomic E-state index is 12.7. The van der Waals surface area contributed by atoms with Crippen molar-refractivity contribution in [1.29, 1.82) is 0 Å². The summed E-state index contributed by atoms with van der Waals surface area (Å²) in [7, 11) is 4.43. The SMILES string of the molecule is COc1cc(OC)c(OC)cc1/C=C1\OC(Nc2ccccc2)=C(C(=O)O)C1=O. The van der Waals surface area contributed by atoms with E-state index in [2.05, 4.69) is 5.32 Å². The van der Waals surface area contributed by atoms with Gasteiger partial charge in [0.2, 0.25) is 11.7 Å². The van der Waals surface area contributed by atoms with Gasteiger partial charge in [-0.3, -0.25) is 4.79 Å². The van der Waals surface area contributed by atoms with Crippen LogP contribution in [0, 0.1) is 0 Å². The summed E-state index contributed by atoms with van der Waals surface area (Å²) in [6.45, 7) is 0. The van der Waals surface area contributed by atoms with Gasteiger partial charge >= 0.3 is 5.97 Å². The molecule has 150 valence electrons. The van der Waals surface area contributed by atoms with Gasteiger partial charge in [-0.25, -0.2) is 4.79 Å². The molecule has 0 saturated heterocycles. The van der Waals surface area contributed by atoms with Crippen LogP contribution in [0.1, 0.15) is 5.56 Å². The maximum Gasteiger partial charge on any atom is 0.345 e. The number of aliphatic carboxylic acids is 1. The second-order valence-corrected chi connectivity index (χ2v) is 5.89. The van der Waals surface area contributed by atoms with Crippen LogP contribution in [-0.4, -0.2) is 38.2 Å². The monoisotopic (exact) mass is 397 g/mol. The van der Waals surface area contributed by atoms with Gasteiger partial charge in [0.05, 0.1) is 21.3 Å². The Morgan fingerprint density at radius 2 is 1.62 bits per heavy atom. The number of anilines is 1. The van der Waals surface area contributed by atoms with Crippen molar-refractivity contribution in [2.24, 2.45) is 0 Å². The summed E-state index contributed by atoms with van der Waals surface area (Å²) < 4.78 is 21.4. The number of benzene rings is 2. The Hall–Kier alpha value is -3.94. The van der Waals surface area contributed by atoms with Gasteiger partial charge < -0.3 is 29.4 Å². The van der Waals surface area contributed by atoms with E-state index < -0.39 is 17.3 Å². The molecule has 2 N–H and O–H groups in total. The fourth-order valence-electron chi connectivity index (χ4n) is 2.77. The Bertz CT molecular complexity index is 1010. The van der Waals surface area contributed by atoms with E-state index >= 15 is 0 Å². The van der Waals surface area contributed by atoms with E-state index in [4.69, 9.17) is 18.9 Å². The fraction of sp³-hybridized carbons (Fsp3) is 0.143. The Balaban J connectivity index is 2.00. The van der Waals surface area contributed by atoms with E-state index in [-0.39, 0.29) is 11.6 Å². The van der Waals surface area contributed by atoms with Crippen molar-refractivity contribution >= 4 is 23.5 Å². The quantitative estimate of drug-likeness (QED) is 0.543. The molecule has 0 spiro atoms. The largest absolute Gasteiger partial charge is 0.496 e. The van der Waals surface area contributed by atoms with E-state index in [1.807, 2.05) is 6.07 Å². The number of ketones is 1. The van der Waals surface area contributed by atoms with Crippen LogP contribution in [0.3, 0.4) is 0 Å². The van der Waals surface area contributed by atoms with Crippen molar-refractivity contribution in [2.75, 3.05) is 26.6 Å². The first-order chi connectivity index (χ1) is 14.0. The number of hydrogen-bond acceptors (Lipinski definition) is 7. The molecule has 3 rings (SSSR count). The first-order valence-corrected chi connectivity index (χ1v) is 8.52. The topological polar surface area (TPSA) is 103 Å². The van der Waals surface area contributed by atoms with Gasteiger partial charge in [-0.1, -0.05) is 18.2 Å². The number of rotatable bonds is 7. The number of carboxylic acids is 1. The van der Waals surface area contributed by atoms with Crippen LogP contribution in [0.5, 0.6) is 17.2 Å². The summed E-state index contributed by atoms with van der Waals surface area (Å²) in [5, 5.41) is 12.3. The summed E-state index contributed by atoms with van der Waals surface area (Å²) in [6, 6.07) is 12.0. The standard InChI is InChI=1S/C21H19NO7/c1-26-14-11-16(28-3)15(27-2)9-12(14)10-17-19(23)18(21(24)25)20(29-17)22-13-7-5-4-6-8-13/h4-11,22H,1-3H3,(H,24,25)/b17-10-. The Kier molecular flexibility index (Phi) is 5.73. The minimum absolute atomic E-state index is 0.153. The summed E-state index contributed by atoms with van der Waals surface area (Å²) in [5.41, 5.74) is 0.553. The highest BCUT2D eigenvalue weighted by Gasteiger charge is 2.36. The van der Waals surface area contributed by atoms with Gasteiger partial charge in [0.1, 0.15) is 5.75 Å². The third-order valence-corrected chi connectivity index (χ3v) is 4.16. The van der Waals surface area contributed by atoms with Crippen LogP contribution in [0.25, 0.3) is 6.08 Å². The zero-order valence-electron chi connectivity index (χ0n) is 16.0. The van der Waals surface area contributed by atoms with Crippen molar-refractivity contribution in [3.63, 3.8) is 0 Å². The molecule has 0 saturated carbocycles. The second-order valence-electron chi connectivity index (χ2n) is 5.89. The molecule has 2 aromatic rings. The molecule has 1 aliphatic heterocycles. The molecule has 29 heavy (non-hydrogen) atoms. The maximum absolute atomic E-state index is 12.7. The Morgan fingerprint density at radius 1 is 1.00 bits per heavy atom. The molecule has 8 heteroatoms. The van der Waals surface area contributed by atoms with E-state index in [0.29, 0.717) is 28.5 Å². The van der Waals surface area contributed by atoms with E-state index in [0.717, 1.165) is 0 Å². The molecule has 0 amide bonds. The zero-order chi connectivity index (χ0) is 21.0. The molecule has 0 atom stereocenters. The number of para-hydroxylation sites is 1. The van der Waals surface area contributed by atoms with Crippen LogP contribution in [0.4, 0.5) is 5.69 Å². The number of allylic oxidation sites excluding steroid dienone is 1. The van der Waals surface area contributed by atoms with Crippen LogP contribution in [0.15, 0.2) is 59.7 Å². The lowest BCUT2D eigenvalue weighted by atomic mass is 10.1. The van der Waals surface area contributed by atoms with Gasteiger partial charge in [-0.2, -0.15) is 0 Å². The molecule has 0 aromatic heterocycles. The van der Waals surface area contributed by atoms with E-state index in [1.54, 1.807) is 36.4 Å². The number of ether oxygens (including phenoxy) is 4. The van der Waals surface area contributed by atoms with Crippen molar-refractivity contribution in [2.45, 2.75) is 0 Å². The third kappa shape index (κ3) is 4.01. The molecular formula is C21H19NO7. The molecular weight excluding hydrogens is 378 g/mol.